The van der Waals surface area contributed by atoms with Crippen LogP contribution in [0.15, 0.2) is 11.4 Å². The zero-order chi connectivity index (χ0) is 10.7. The van der Waals surface area contributed by atoms with Gasteiger partial charge >= 0.3 is 0 Å². The minimum atomic E-state index is -2.52. The van der Waals surface area contributed by atoms with Gasteiger partial charge in [-0.1, -0.05) is 0 Å². The van der Waals surface area contributed by atoms with Crippen molar-refractivity contribution in [3.8, 4) is 0 Å². The summed E-state index contributed by atoms with van der Waals surface area (Å²) in [7, 11) is 1.33. The Balaban J connectivity index is 2.71. The molecule has 1 aromatic rings. The number of nitrogens with zero attached hydrogens (tertiary/aromatic N) is 1. The van der Waals surface area contributed by atoms with E-state index in [1.165, 1.54) is 7.05 Å². The van der Waals surface area contributed by atoms with Crippen LogP contribution in [-0.2, 0) is 0 Å². The van der Waals surface area contributed by atoms with E-state index >= 15 is 0 Å². The van der Waals surface area contributed by atoms with Crippen molar-refractivity contribution in [2.24, 2.45) is 0 Å². The Morgan fingerprint density at radius 3 is 2.79 bits per heavy atom. The maximum Gasteiger partial charge on any atom is 0.265 e. The summed E-state index contributed by atoms with van der Waals surface area (Å²) >= 11 is 1.15. The van der Waals surface area contributed by atoms with E-state index in [0.29, 0.717) is 10.6 Å². The smallest absolute Gasteiger partial charge is 0.265 e. The van der Waals surface area contributed by atoms with Crippen molar-refractivity contribution >= 4 is 22.9 Å². The predicted octanol–water partition coefficient (Wildman–Crippen LogP) is 1.67. The molecule has 1 heterocycles. The summed E-state index contributed by atoms with van der Waals surface area (Å²) in [5.41, 5.74) is 5.82. The zero-order valence-electron chi connectivity index (χ0n) is 7.54. The van der Waals surface area contributed by atoms with Gasteiger partial charge in [0.15, 0.2) is 0 Å². The summed E-state index contributed by atoms with van der Waals surface area (Å²) in [4.78, 5) is 12.8. The molecule has 6 heteroatoms. The summed E-state index contributed by atoms with van der Waals surface area (Å²) in [6.45, 7) is -0.573. The Bertz CT molecular complexity index is 327. The Kier molecular flexibility index (Phi) is 3.40. The highest BCUT2D eigenvalue weighted by Gasteiger charge is 2.18. The molecule has 0 atom stereocenters. The summed E-state index contributed by atoms with van der Waals surface area (Å²) in [6, 6.07) is 1.58. The van der Waals surface area contributed by atoms with Crippen LogP contribution in [0.1, 0.15) is 9.67 Å². The number of hydrogen-bond acceptors (Lipinski definition) is 3. The van der Waals surface area contributed by atoms with Gasteiger partial charge in [-0.05, 0) is 11.4 Å². The van der Waals surface area contributed by atoms with E-state index in [2.05, 4.69) is 0 Å². The quantitative estimate of drug-likeness (QED) is 0.842. The first-order chi connectivity index (χ1) is 6.52. The van der Waals surface area contributed by atoms with Gasteiger partial charge in [0.2, 0.25) is 0 Å². The van der Waals surface area contributed by atoms with E-state index in [-0.39, 0.29) is 0 Å². The molecule has 0 aliphatic rings. The van der Waals surface area contributed by atoms with Gasteiger partial charge in [0.1, 0.15) is 4.88 Å². The van der Waals surface area contributed by atoms with E-state index in [1.54, 1.807) is 11.4 Å². The first-order valence-electron chi connectivity index (χ1n) is 3.89. The molecular weight excluding hydrogens is 210 g/mol. The topological polar surface area (TPSA) is 46.3 Å². The maximum absolute atomic E-state index is 12.0. The van der Waals surface area contributed by atoms with Crippen molar-refractivity contribution in [3.05, 3.63) is 16.3 Å². The fraction of sp³-hybridized carbons (Fsp3) is 0.375. The van der Waals surface area contributed by atoms with Crippen molar-refractivity contribution in [2.45, 2.75) is 6.43 Å². The molecule has 78 valence electrons. The molecule has 0 spiro atoms. The monoisotopic (exact) mass is 220 g/mol. The standard InChI is InChI=1S/C8H10F2N2OS/c1-12(4-6(9)10)8(13)7-5(11)2-3-14-7/h2-3,6H,4,11H2,1H3. The number of nitrogen functional groups attached to an aromatic ring is 1. The van der Waals surface area contributed by atoms with Gasteiger partial charge in [0, 0.05) is 7.05 Å². The van der Waals surface area contributed by atoms with Crippen LogP contribution in [0.5, 0.6) is 0 Å². The second kappa shape index (κ2) is 4.36. The number of hydrogen-bond donors (Lipinski definition) is 1. The average molecular weight is 220 g/mol. The van der Waals surface area contributed by atoms with Gasteiger partial charge < -0.3 is 10.6 Å². The molecule has 1 aromatic heterocycles. The number of carbonyl (C=O) groups is 1. The number of anilines is 1. The summed E-state index contributed by atoms with van der Waals surface area (Å²) in [6.07, 6.45) is -2.52. The molecule has 14 heavy (non-hydrogen) atoms. The van der Waals surface area contributed by atoms with E-state index in [9.17, 15) is 13.6 Å². The van der Waals surface area contributed by atoms with E-state index < -0.39 is 18.9 Å². The summed E-state index contributed by atoms with van der Waals surface area (Å²) in [5, 5.41) is 1.65. The van der Waals surface area contributed by atoms with Gasteiger partial charge in [0.05, 0.1) is 12.2 Å². The molecule has 0 saturated carbocycles. The molecule has 2 N–H and O–H groups in total. The van der Waals surface area contributed by atoms with Crippen LogP contribution in [0.2, 0.25) is 0 Å². The highest BCUT2D eigenvalue weighted by atomic mass is 32.1. The Morgan fingerprint density at radius 1 is 1.71 bits per heavy atom. The number of carbonyl (C=O) groups excluding carboxylic acids is 1. The average Bonchev–Trinajstić information content (AvgIpc) is 2.48. The second-order valence-corrected chi connectivity index (χ2v) is 3.70. The second-order valence-electron chi connectivity index (χ2n) is 2.78. The lowest BCUT2D eigenvalue weighted by molar-refractivity contribution is 0.0625. The number of amides is 1. The zero-order valence-corrected chi connectivity index (χ0v) is 8.35. The SMILES string of the molecule is CN(CC(F)F)C(=O)c1sccc1N. The first-order valence-corrected chi connectivity index (χ1v) is 4.77. The largest absolute Gasteiger partial charge is 0.397 e. The van der Waals surface area contributed by atoms with Crippen LogP contribution in [-0.4, -0.2) is 30.8 Å². The number of alkyl halides is 2. The third kappa shape index (κ3) is 2.41. The Hall–Kier alpha value is -1.17. The van der Waals surface area contributed by atoms with E-state index in [4.69, 9.17) is 5.73 Å². The molecule has 0 saturated heterocycles. The number of thiophene rings is 1. The summed E-state index contributed by atoms with van der Waals surface area (Å²) in [5.74, 6) is -0.460. The van der Waals surface area contributed by atoms with Crippen molar-refractivity contribution in [1.29, 1.82) is 0 Å². The minimum absolute atomic E-state index is 0.313. The Morgan fingerprint density at radius 2 is 2.36 bits per heavy atom. The molecule has 0 aliphatic heterocycles. The molecule has 0 radical (unpaired) electrons. The van der Waals surface area contributed by atoms with Crippen molar-refractivity contribution in [2.75, 3.05) is 19.3 Å². The summed E-state index contributed by atoms with van der Waals surface area (Å²) < 4.78 is 23.9. The molecule has 3 nitrogen and oxygen atoms in total. The highest BCUT2D eigenvalue weighted by Crippen LogP contribution is 2.20. The Labute approximate surface area is 84.1 Å². The predicted molar refractivity (Wildman–Crippen MR) is 51.7 cm³/mol. The molecule has 0 aliphatic carbocycles. The van der Waals surface area contributed by atoms with Crippen LogP contribution in [0, 0.1) is 0 Å². The van der Waals surface area contributed by atoms with Crippen molar-refractivity contribution < 1.29 is 13.6 Å². The number of nitrogens with two attached hydrogens (primary N) is 1. The highest BCUT2D eigenvalue weighted by molar-refractivity contribution is 7.12. The van der Waals surface area contributed by atoms with E-state index in [0.717, 1.165) is 16.2 Å². The van der Waals surface area contributed by atoms with Gasteiger partial charge in [-0.2, -0.15) is 0 Å². The molecule has 0 unspecified atom stereocenters. The van der Waals surface area contributed by atoms with Gasteiger partial charge in [-0.25, -0.2) is 8.78 Å². The molecule has 1 amide bonds. The fourth-order valence-electron chi connectivity index (χ4n) is 0.956. The van der Waals surface area contributed by atoms with Gasteiger partial charge in [-0.3, -0.25) is 4.79 Å². The lowest BCUT2D eigenvalue weighted by Gasteiger charge is -2.15. The third-order valence-corrected chi connectivity index (χ3v) is 2.57. The number of rotatable bonds is 3. The van der Waals surface area contributed by atoms with Gasteiger partial charge in [-0.15, -0.1) is 11.3 Å². The van der Waals surface area contributed by atoms with Crippen molar-refractivity contribution in [3.63, 3.8) is 0 Å². The van der Waals surface area contributed by atoms with Crippen LogP contribution in [0.4, 0.5) is 14.5 Å². The lowest BCUT2D eigenvalue weighted by Crippen LogP contribution is -2.31. The maximum atomic E-state index is 12.0. The lowest BCUT2D eigenvalue weighted by atomic mass is 10.3. The fourth-order valence-corrected chi connectivity index (χ4v) is 1.77. The van der Waals surface area contributed by atoms with Crippen LogP contribution in [0.3, 0.4) is 0 Å². The molecule has 0 bridgehead atoms. The molecule has 1 rings (SSSR count). The molecule has 0 fully saturated rings. The van der Waals surface area contributed by atoms with E-state index in [1.807, 2.05) is 0 Å². The van der Waals surface area contributed by atoms with Gasteiger partial charge in [0.25, 0.3) is 12.3 Å². The molecule has 0 aromatic carbocycles. The van der Waals surface area contributed by atoms with Crippen LogP contribution < -0.4 is 5.73 Å². The van der Waals surface area contributed by atoms with Crippen molar-refractivity contribution in [1.82, 2.24) is 4.90 Å². The molecular formula is C8H10F2N2OS. The van der Waals surface area contributed by atoms with Crippen LogP contribution >= 0.6 is 11.3 Å². The normalized spacial score (nSPS) is 10.6. The number of halogens is 2. The van der Waals surface area contributed by atoms with Crippen LogP contribution in [0.25, 0.3) is 0 Å². The third-order valence-electron chi connectivity index (χ3n) is 1.65. The first kappa shape index (κ1) is 10.9. The minimum Gasteiger partial charge on any atom is -0.397 e.